The number of hydrogen-bond donors (Lipinski definition) is 0. The van der Waals surface area contributed by atoms with Gasteiger partial charge in [-0.15, -0.1) is 0 Å². The van der Waals surface area contributed by atoms with E-state index in [4.69, 9.17) is 14.2 Å². The first-order valence-corrected chi connectivity index (χ1v) is 6.39. The van der Waals surface area contributed by atoms with Crippen molar-refractivity contribution >= 4 is 21.9 Å². The zero-order valence-corrected chi connectivity index (χ0v) is 11.8. The van der Waals surface area contributed by atoms with Crippen molar-refractivity contribution in [3.05, 3.63) is 28.5 Å². The van der Waals surface area contributed by atoms with Crippen LogP contribution in [0.25, 0.3) is 0 Å². The van der Waals surface area contributed by atoms with Gasteiger partial charge < -0.3 is 14.2 Å². The first kappa shape index (κ1) is 15.1. The van der Waals surface area contributed by atoms with Crippen molar-refractivity contribution in [2.45, 2.75) is 6.42 Å². The summed E-state index contributed by atoms with van der Waals surface area (Å²) in [7, 11) is 1.62. The quantitative estimate of drug-likeness (QED) is 0.417. The van der Waals surface area contributed by atoms with Crippen LogP contribution in [0.3, 0.4) is 0 Å². The van der Waals surface area contributed by atoms with Gasteiger partial charge in [-0.05, 0) is 28.1 Å². The second kappa shape index (κ2) is 9.02. The van der Waals surface area contributed by atoms with Crippen LogP contribution < -0.4 is 0 Å². The topological polar surface area (TPSA) is 57.7 Å². The van der Waals surface area contributed by atoms with Crippen LogP contribution in [-0.4, -0.2) is 44.5 Å². The Hall–Kier alpha value is -0.980. The van der Waals surface area contributed by atoms with Crippen molar-refractivity contribution in [1.82, 2.24) is 4.98 Å². The van der Waals surface area contributed by atoms with E-state index in [1.165, 1.54) is 0 Å². The second-order valence-electron chi connectivity index (χ2n) is 3.44. The molecule has 0 aliphatic rings. The number of rotatable bonds is 8. The molecule has 1 aromatic heterocycles. The number of carbonyl (C=O) groups is 1. The highest BCUT2D eigenvalue weighted by Gasteiger charge is 2.08. The van der Waals surface area contributed by atoms with E-state index in [-0.39, 0.29) is 0 Å². The summed E-state index contributed by atoms with van der Waals surface area (Å²) in [4.78, 5) is 15.6. The molecule has 0 radical (unpaired) electrons. The second-order valence-corrected chi connectivity index (χ2v) is 4.25. The number of methoxy groups -OCH3 is 1. The lowest BCUT2D eigenvalue weighted by atomic mass is 10.3. The molecule has 1 aromatic rings. The molecule has 0 N–H and O–H groups in total. The third kappa shape index (κ3) is 6.09. The molecule has 1 heterocycles. The fourth-order valence-corrected chi connectivity index (χ4v) is 1.51. The molecule has 18 heavy (non-hydrogen) atoms. The van der Waals surface area contributed by atoms with Crippen molar-refractivity contribution < 1.29 is 19.0 Å². The highest BCUT2D eigenvalue weighted by molar-refractivity contribution is 9.10. The van der Waals surface area contributed by atoms with Crippen molar-refractivity contribution in [3.8, 4) is 0 Å². The van der Waals surface area contributed by atoms with Crippen molar-refractivity contribution in [2.75, 3.05) is 33.5 Å². The average Bonchev–Trinajstić information content (AvgIpc) is 2.37. The van der Waals surface area contributed by atoms with Gasteiger partial charge in [0.25, 0.3) is 0 Å². The molecule has 6 heteroatoms. The van der Waals surface area contributed by atoms with E-state index in [0.717, 1.165) is 0 Å². The highest BCUT2D eigenvalue weighted by Crippen LogP contribution is 2.07. The van der Waals surface area contributed by atoms with Gasteiger partial charge in [0.15, 0.2) is 0 Å². The minimum atomic E-state index is -0.423. The minimum absolute atomic E-state index is 0.296. The average molecular weight is 318 g/mol. The number of aromatic nitrogens is 1. The number of ether oxygens (including phenoxy) is 3. The fourth-order valence-electron chi connectivity index (χ4n) is 1.17. The maximum Gasteiger partial charge on any atom is 0.356 e. The van der Waals surface area contributed by atoms with Crippen molar-refractivity contribution in [1.29, 1.82) is 0 Å². The fraction of sp³-hybridized carbons (Fsp3) is 0.500. The van der Waals surface area contributed by atoms with Crippen LogP contribution >= 0.6 is 15.9 Å². The molecule has 0 aliphatic carbocycles. The zero-order valence-electron chi connectivity index (χ0n) is 10.2. The Labute approximate surface area is 115 Å². The van der Waals surface area contributed by atoms with Gasteiger partial charge in [-0.25, -0.2) is 9.78 Å². The van der Waals surface area contributed by atoms with Gasteiger partial charge in [-0.2, -0.15) is 0 Å². The molecule has 1 rings (SSSR count). The van der Waals surface area contributed by atoms with Gasteiger partial charge >= 0.3 is 5.97 Å². The van der Waals surface area contributed by atoms with Crippen LogP contribution in [0.4, 0.5) is 0 Å². The van der Waals surface area contributed by atoms with Gasteiger partial charge in [-0.1, -0.05) is 6.07 Å². The number of hydrogen-bond acceptors (Lipinski definition) is 5. The molecule has 0 bridgehead atoms. The van der Waals surface area contributed by atoms with E-state index < -0.39 is 5.97 Å². The van der Waals surface area contributed by atoms with E-state index in [9.17, 15) is 4.79 Å². The Kier molecular flexibility index (Phi) is 7.55. The Morgan fingerprint density at radius 2 is 2.11 bits per heavy atom. The molecule has 0 spiro atoms. The van der Waals surface area contributed by atoms with Crippen LogP contribution in [0.2, 0.25) is 0 Å². The molecule has 0 aliphatic heterocycles. The summed E-state index contributed by atoms with van der Waals surface area (Å²) in [6, 6.07) is 5.10. The standard InChI is InChI=1S/C12H16BrNO4/c1-16-8-9-17-6-3-7-18-12(15)10-4-2-5-11(13)14-10/h2,4-5H,3,6-9H2,1H3. The summed E-state index contributed by atoms with van der Waals surface area (Å²) < 4.78 is 15.7. The summed E-state index contributed by atoms with van der Waals surface area (Å²) in [6.07, 6.45) is 0.656. The summed E-state index contributed by atoms with van der Waals surface area (Å²) in [6.45, 7) is 1.99. The van der Waals surface area contributed by atoms with Gasteiger partial charge in [0.05, 0.1) is 19.8 Å². The Morgan fingerprint density at radius 3 is 2.83 bits per heavy atom. The molecule has 0 unspecified atom stereocenters. The van der Waals surface area contributed by atoms with E-state index >= 15 is 0 Å². The van der Waals surface area contributed by atoms with E-state index in [1.807, 2.05) is 0 Å². The molecule has 0 saturated carbocycles. The van der Waals surface area contributed by atoms with Crippen molar-refractivity contribution in [3.63, 3.8) is 0 Å². The Balaban J connectivity index is 2.14. The van der Waals surface area contributed by atoms with Crippen LogP contribution in [0.5, 0.6) is 0 Å². The normalized spacial score (nSPS) is 10.3. The maximum atomic E-state index is 11.6. The molecular formula is C12H16BrNO4. The SMILES string of the molecule is COCCOCCCOC(=O)c1cccc(Br)n1. The van der Waals surface area contributed by atoms with Gasteiger partial charge in [0, 0.05) is 20.1 Å². The lowest BCUT2D eigenvalue weighted by Crippen LogP contribution is -2.11. The van der Waals surface area contributed by atoms with E-state index in [0.29, 0.717) is 43.1 Å². The third-order valence-corrected chi connectivity index (χ3v) is 2.46. The number of pyridine rings is 1. The summed E-state index contributed by atoms with van der Waals surface area (Å²) in [5, 5.41) is 0. The molecule has 0 amide bonds. The molecule has 100 valence electrons. The minimum Gasteiger partial charge on any atom is -0.461 e. The lowest BCUT2D eigenvalue weighted by Gasteiger charge is -2.05. The van der Waals surface area contributed by atoms with Crippen LogP contribution in [-0.2, 0) is 14.2 Å². The van der Waals surface area contributed by atoms with E-state index in [1.54, 1.807) is 25.3 Å². The summed E-state index contributed by atoms with van der Waals surface area (Å²) >= 11 is 3.20. The number of carbonyl (C=O) groups excluding carboxylic acids is 1. The maximum absolute atomic E-state index is 11.6. The number of nitrogens with zero attached hydrogens (tertiary/aromatic N) is 1. The number of esters is 1. The molecule has 0 aromatic carbocycles. The first-order valence-electron chi connectivity index (χ1n) is 5.60. The summed E-state index contributed by atoms with van der Waals surface area (Å²) in [5.74, 6) is -0.423. The molecule has 5 nitrogen and oxygen atoms in total. The molecule has 0 saturated heterocycles. The molecule has 0 fully saturated rings. The zero-order chi connectivity index (χ0) is 13.2. The highest BCUT2D eigenvalue weighted by atomic mass is 79.9. The van der Waals surface area contributed by atoms with Crippen molar-refractivity contribution in [2.24, 2.45) is 0 Å². The largest absolute Gasteiger partial charge is 0.461 e. The van der Waals surface area contributed by atoms with Crippen LogP contribution in [0.1, 0.15) is 16.9 Å². The first-order chi connectivity index (χ1) is 8.74. The Bertz CT molecular complexity index is 373. The predicted molar refractivity (Wildman–Crippen MR) is 69.5 cm³/mol. The van der Waals surface area contributed by atoms with Gasteiger partial charge in [0.1, 0.15) is 10.3 Å². The Morgan fingerprint density at radius 1 is 1.28 bits per heavy atom. The molecule has 0 atom stereocenters. The number of halogens is 1. The molecular weight excluding hydrogens is 302 g/mol. The van der Waals surface area contributed by atoms with Gasteiger partial charge in [0.2, 0.25) is 0 Å². The van der Waals surface area contributed by atoms with Crippen LogP contribution in [0.15, 0.2) is 22.8 Å². The summed E-state index contributed by atoms with van der Waals surface area (Å²) in [5.41, 5.74) is 0.296. The predicted octanol–water partition coefficient (Wildman–Crippen LogP) is 2.05. The van der Waals surface area contributed by atoms with Gasteiger partial charge in [-0.3, -0.25) is 0 Å². The van der Waals surface area contributed by atoms with Crippen LogP contribution in [0, 0.1) is 0 Å². The smallest absolute Gasteiger partial charge is 0.356 e. The monoisotopic (exact) mass is 317 g/mol. The lowest BCUT2D eigenvalue weighted by molar-refractivity contribution is 0.0380. The van der Waals surface area contributed by atoms with E-state index in [2.05, 4.69) is 20.9 Å². The third-order valence-electron chi connectivity index (χ3n) is 2.02.